The van der Waals surface area contributed by atoms with Crippen molar-refractivity contribution in [3.05, 3.63) is 30.3 Å². The third-order valence-corrected chi connectivity index (χ3v) is 3.84. The fraction of sp³-hybridized carbons (Fsp3) is 0.364. The van der Waals surface area contributed by atoms with Gasteiger partial charge < -0.3 is 5.73 Å². The summed E-state index contributed by atoms with van der Waals surface area (Å²) in [5.74, 6) is -0.548. The van der Waals surface area contributed by atoms with Crippen LogP contribution in [0.2, 0.25) is 0 Å². The normalized spacial score (nSPS) is 12.4. The molecule has 0 radical (unpaired) electrons. The molecule has 0 saturated heterocycles. The van der Waals surface area contributed by atoms with E-state index in [1.165, 1.54) is 12.1 Å². The van der Waals surface area contributed by atoms with E-state index in [2.05, 4.69) is 4.72 Å². The average molecular weight is 256 g/mol. The van der Waals surface area contributed by atoms with Gasteiger partial charge in [-0.2, -0.15) is 0 Å². The Hall–Kier alpha value is -1.40. The first-order valence-electron chi connectivity index (χ1n) is 5.10. The van der Waals surface area contributed by atoms with E-state index in [1.54, 1.807) is 32.0 Å². The van der Waals surface area contributed by atoms with Crippen LogP contribution in [0.1, 0.15) is 13.8 Å². The molecular weight excluding hydrogens is 240 g/mol. The number of hydrogen-bond donors (Lipinski definition) is 2. The van der Waals surface area contributed by atoms with Crippen molar-refractivity contribution in [2.45, 2.75) is 18.7 Å². The van der Waals surface area contributed by atoms with Crippen LogP contribution in [-0.4, -0.2) is 20.9 Å². The first kappa shape index (κ1) is 13.7. The van der Waals surface area contributed by atoms with E-state index in [4.69, 9.17) is 5.73 Å². The van der Waals surface area contributed by atoms with Crippen LogP contribution < -0.4 is 10.5 Å². The number of hydrogen-bond acceptors (Lipinski definition) is 3. The van der Waals surface area contributed by atoms with Crippen molar-refractivity contribution < 1.29 is 13.2 Å². The Balaban J connectivity index is 2.80. The van der Waals surface area contributed by atoms with Crippen LogP contribution in [0, 0.1) is 5.41 Å². The lowest BCUT2D eigenvalue weighted by molar-refractivity contribution is -0.125. The summed E-state index contributed by atoms with van der Waals surface area (Å²) >= 11 is 0. The van der Waals surface area contributed by atoms with Crippen molar-refractivity contribution in [3.63, 3.8) is 0 Å². The van der Waals surface area contributed by atoms with Crippen molar-refractivity contribution in [3.8, 4) is 0 Å². The van der Waals surface area contributed by atoms with Gasteiger partial charge in [0.05, 0.1) is 10.3 Å². The third-order valence-electron chi connectivity index (χ3n) is 2.42. The molecule has 17 heavy (non-hydrogen) atoms. The van der Waals surface area contributed by atoms with Gasteiger partial charge in [-0.25, -0.2) is 13.1 Å². The number of nitrogens with two attached hydrogens (primary N) is 1. The molecule has 1 rings (SSSR count). The molecule has 0 aliphatic heterocycles. The second-order valence-corrected chi connectivity index (χ2v) is 6.15. The van der Waals surface area contributed by atoms with Crippen molar-refractivity contribution in [2.24, 2.45) is 11.1 Å². The summed E-state index contributed by atoms with van der Waals surface area (Å²) < 4.78 is 26.0. The summed E-state index contributed by atoms with van der Waals surface area (Å²) in [5.41, 5.74) is 4.25. The van der Waals surface area contributed by atoms with Crippen LogP contribution in [0.5, 0.6) is 0 Å². The molecule has 1 amide bonds. The molecule has 0 fully saturated rings. The summed E-state index contributed by atoms with van der Waals surface area (Å²) in [4.78, 5) is 11.2. The van der Waals surface area contributed by atoms with Crippen molar-refractivity contribution >= 4 is 15.9 Å². The van der Waals surface area contributed by atoms with Gasteiger partial charge >= 0.3 is 0 Å². The molecule has 3 N–H and O–H groups in total. The molecule has 0 heterocycles. The zero-order chi connectivity index (χ0) is 13.1. The monoisotopic (exact) mass is 256 g/mol. The molecule has 0 bridgehead atoms. The average Bonchev–Trinajstić information content (AvgIpc) is 2.28. The lowest BCUT2D eigenvalue weighted by Crippen LogP contribution is -2.42. The van der Waals surface area contributed by atoms with Gasteiger partial charge in [0.2, 0.25) is 15.9 Å². The number of carbonyl (C=O) groups is 1. The fourth-order valence-electron chi connectivity index (χ4n) is 1.05. The van der Waals surface area contributed by atoms with Gasteiger partial charge in [-0.1, -0.05) is 18.2 Å². The second-order valence-electron chi connectivity index (χ2n) is 4.39. The maximum Gasteiger partial charge on any atom is 0.240 e. The SMILES string of the molecule is CC(C)(CNS(=O)(=O)c1ccccc1)C(N)=O. The van der Waals surface area contributed by atoms with Crippen LogP contribution in [0.4, 0.5) is 0 Å². The predicted molar refractivity (Wildman–Crippen MR) is 64.6 cm³/mol. The minimum Gasteiger partial charge on any atom is -0.369 e. The van der Waals surface area contributed by atoms with Gasteiger partial charge in [0.15, 0.2) is 0 Å². The number of amides is 1. The highest BCUT2D eigenvalue weighted by molar-refractivity contribution is 7.89. The molecule has 0 spiro atoms. The molecule has 0 saturated carbocycles. The van der Waals surface area contributed by atoms with E-state index in [1.807, 2.05) is 0 Å². The summed E-state index contributed by atoms with van der Waals surface area (Å²) in [6, 6.07) is 7.97. The fourth-order valence-corrected chi connectivity index (χ4v) is 2.28. The van der Waals surface area contributed by atoms with Gasteiger partial charge in [0.1, 0.15) is 0 Å². The summed E-state index contributed by atoms with van der Waals surface area (Å²) in [7, 11) is -3.58. The molecule has 0 aliphatic carbocycles. The van der Waals surface area contributed by atoms with Crippen LogP contribution in [-0.2, 0) is 14.8 Å². The molecule has 1 aromatic rings. The van der Waals surface area contributed by atoms with Crippen LogP contribution in [0.15, 0.2) is 35.2 Å². The van der Waals surface area contributed by atoms with E-state index in [-0.39, 0.29) is 11.4 Å². The molecule has 0 aromatic heterocycles. The van der Waals surface area contributed by atoms with Gasteiger partial charge in [-0.15, -0.1) is 0 Å². The maximum absolute atomic E-state index is 11.8. The zero-order valence-electron chi connectivity index (χ0n) is 9.80. The largest absolute Gasteiger partial charge is 0.369 e. The molecule has 1 aromatic carbocycles. The minimum absolute atomic E-state index is 0.0282. The van der Waals surface area contributed by atoms with Gasteiger partial charge in [-0.05, 0) is 26.0 Å². The van der Waals surface area contributed by atoms with Gasteiger partial charge in [0, 0.05) is 6.54 Å². The van der Waals surface area contributed by atoms with Crippen molar-refractivity contribution in [1.29, 1.82) is 0 Å². The van der Waals surface area contributed by atoms with E-state index >= 15 is 0 Å². The minimum atomic E-state index is -3.58. The number of nitrogens with one attached hydrogen (secondary N) is 1. The topological polar surface area (TPSA) is 89.3 Å². The highest BCUT2D eigenvalue weighted by Crippen LogP contribution is 2.14. The molecule has 94 valence electrons. The number of sulfonamides is 1. The Morgan fingerprint density at radius 2 is 1.82 bits per heavy atom. The number of benzene rings is 1. The highest BCUT2D eigenvalue weighted by atomic mass is 32.2. The summed E-state index contributed by atoms with van der Waals surface area (Å²) in [6.45, 7) is 3.14. The smallest absolute Gasteiger partial charge is 0.240 e. The first-order valence-corrected chi connectivity index (χ1v) is 6.59. The number of carbonyl (C=O) groups excluding carboxylic acids is 1. The van der Waals surface area contributed by atoms with Gasteiger partial charge in [0.25, 0.3) is 0 Å². The lowest BCUT2D eigenvalue weighted by atomic mass is 9.93. The predicted octanol–water partition coefficient (Wildman–Crippen LogP) is 0.476. The van der Waals surface area contributed by atoms with Crippen molar-refractivity contribution in [2.75, 3.05) is 6.54 Å². The maximum atomic E-state index is 11.8. The van der Waals surface area contributed by atoms with Crippen LogP contribution in [0.25, 0.3) is 0 Å². The van der Waals surface area contributed by atoms with E-state index in [9.17, 15) is 13.2 Å². The Labute approximate surface area is 101 Å². The molecular formula is C11H16N2O3S. The molecule has 6 heteroatoms. The standard InChI is InChI=1S/C11H16N2O3S/c1-11(2,10(12)14)8-13-17(15,16)9-6-4-3-5-7-9/h3-7,13H,8H2,1-2H3,(H2,12,14). The summed E-state index contributed by atoms with van der Waals surface area (Å²) in [5, 5.41) is 0. The van der Waals surface area contributed by atoms with Crippen molar-refractivity contribution in [1.82, 2.24) is 4.72 Å². The van der Waals surface area contributed by atoms with E-state index in [0.29, 0.717) is 0 Å². The molecule has 0 unspecified atom stereocenters. The van der Waals surface area contributed by atoms with Crippen LogP contribution in [0.3, 0.4) is 0 Å². The summed E-state index contributed by atoms with van der Waals surface area (Å²) in [6.07, 6.45) is 0. The van der Waals surface area contributed by atoms with Crippen LogP contribution >= 0.6 is 0 Å². The lowest BCUT2D eigenvalue weighted by Gasteiger charge is -2.20. The van der Waals surface area contributed by atoms with E-state index < -0.39 is 21.3 Å². The Morgan fingerprint density at radius 1 is 1.29 bits per heavy atom. The van der Waals surface area contributed by atoms with Gasteiger partial charge in [-0.3, -0.25) is 4.79 Å². The Kier molecular flexibility index (Phi) is 3.90. The number of rotatable bonds is 5. The van der Waals surface area contributed by atoms with E-state index in [0.717, 1.165) is 0 Å². The second kappa shape index (κ2) is 4.85. The number of primary amides is 1. The quantitative estimate of drug-likeness (QED) is 0.802. The molecule has 0 aliphatic rings. The first-order chi connectivity index (χ1) is 7.76. The zero-order valence-corrected chi connectivity index (χ0v) is 10.6. The molecule has 5 nitrogen and oxygen atoms in total. The Morgan fingerprint density at radius 3 is 2.29 bits per heavy atom. The third kappa shape index (κ3) is 3.54. The molecule has 0 atom stereocenters. The Bertz CT molecular complexity index is 495. The highest BCUT2D eigenvalue weighted by Gasteiger charge is 2.27.